The molecule has 0 N–H and O–H groups in total. The van der Waals surface area contributed by atoms with Gasteiger partial charge in [-0.15, -0.1) is 0 Å². The van der Waals surface area contributed by atoms with Gasteiger partial charge < -0.3 is 9.47 Å². The van der Waals surface area contributed by atoms with Crippen LogP contribution in [-0.2, 0) is 13.0 Å². The number of anilines is 1. The van der Waals surface area contributed by atoms with Gasteiger partial charge in [-0.05, 0) is 62.8 Å². The van der Waals surface area contributed by atoms with E-state index >= 15 is 0 Å². The van der Waals surface area contributed by atoms with Gasteiger partial charge in [0, 0.05) is 35.9 Å². The van der Waals surface area contributed by atoms with Gasteiger partial charge >= 0.3 is 0 Å². The van der Waals surface area contributed by atoms with Crippen LogP contribution < -0.4 is 4.90 Å². The fraction of sp³-hybridized carbons (Fsp3) is 0.409. The van der Waals surface area contributed by atoms with Crippen LogP contribution in [0.1, 0.15) is 47.0 Å². The molecule has 2 aliphatic rings. The average molecular weight is 331 g/mol. The molecule has 1 aromatic carbocycles. The minimum absolute atomic E-state index is 0.702. The third kappa shape index (κ3) is 2.29. The van der Waals surface area contributed by atoms with Crippen molar-refractivity contribution in [2.75, 3.05) is 11.4 Å². The highest BCUT2D eigenvalue weighted by atomic mass is 15.2. The van der Waals surface area contributed by atoms with E-state index in [-0.39, 0.29) is 0 Å². The molecule has 0 saturated heterocycles. The number of rotatable bonds is 2. The van der Waals surface area contributed by atoms with E-state index < -0.39 is 0 Å². The fourth-order valence-electron chi connectivity index (χ4n) is 4.44. The van der Waals surface area contributed by atoms with Gasteiger partial charge in [0.2, 0.25) is 0 Å². The first-order valence-electron chi connectivity index (χ1n) is 9.44. The molecule has 3 aromatic rings. The Morgan fingerprint density at radius 3 is 2.56 bits per heavy atom. The van der Waals surface area contributed by atoms with Crippen LogP contribution in [0.15, 0.2) is 30.3 Å². The SMILES string of the molecule is Cc1cc2c(c(N3CCc4ccccc4C3)n1)c(C)c(C)n2C1CC1. The molecule has 3 nitrogen and oxygen atoms in total. The maximum atomic E-state index is 5.01. The lowest BCUT2D eigenvalue weighted by atomic mass is 9.99. The standard InChI is InChI=1S/C22H25N3/c1-14-12-20-21(15(2)16(3)25(20)19-8-9-19)22(23-14)24-11-10-17-6-4-5-7-18(17)13-24/h4-7,12,19H,8-11,13H2,1-3H3. The normalized spacial score (nSPS) is 17.2. The van der Waals surface area contributed by atoms with E-state index in [2.05, 4.69) is 60.6 Å². The van der Waals surface area contributed by atoms with Crippen LogP contribution in [0.25, 0.3) is 10.9 Å². The lowest BCUT2D eigenvalue weighted by Crippen LogP contribution is -2.31. The molecule has 1 saturated carbocycles. The van der Waals surface area contributed by atoms with E-state index in [0.29, 0.717) is 6.04 Å². The molecule has 3 heteroatoms. The van der Waals surface area contributed by atoms with E-state index in [1.165, 1.54) is 51.9 Å². The highest BCUT2D eigenvalue weighted by Crippen LogP contribution is 2.43. The van der Waals surface area contributed by atoms with Gasteiger partial charge in [-0.2, -0.15) is 0 Å². The molecule has 1 aliphatic carbocycles. The highest BCUT2D eigenvalue weighted by Gasteiger charge is 2.30. The zero-order chi connectivity index (χ0) is 17.1. The summed E-state index contributed by atoms with van der Waals surface area (Å²) < 4.78 is 2.57. The van der Waals surface area contributed by atoms with Crippen molar-refractivity contribution in [2.24, 2.45) is 0 Å². The fourth-order valence-corrected chi connectivity index (χ4v) is 4.44. The molecule has 5 rings (SSSR count). The summed E-state index contributed by atoms with van der Waals surface area (Å²) in [5.74, 6) is 1.18. The van der Waals surface area contributed by atoms with Crippen molar-refractivity contribution in [3.63, 3.8) is 0 Å². The van der Waals surface area contributed by atoms with Crippen molar-refractivity contribution < 1.29 is 0 Å². The molecule has 2 aromatic heterocycles. The molecule has 1 fully saturated rings. The summed E-state index contributed by atoms with van der Waals surface area (Å²) in [6, 6.07) is 11.8. The molecule has 0 atom stereocenters. The van der Waals surface area contributed by atoms with Gasteiger partial charge in [0.05, 0.1) is 5.52 Å². The van der Waals surface area contributed by atoms with Gasteiger partial charge in [-0.3, -0.25) is 0 Å². The first kappa shape index (κ1) is 15.0. The molecule has 128 valence electrons. The molecule has 3 heterocycles. The maximum Gasteiger partial charge on any atom is 0.138 e. The Kier molecular flexibility index (Phi) is 3.21. The van der Waals surface area contributed by atoms with Crippen molar-refractivity contribution in [1.29, 1.82) is 0 Å². The van der Waals surface area contributed by atoms with E-state index in [4.69, 9.17) is 4.98 Å². The van der Waals surface area contributed by atoms with E-state index in [0.717, 1.165) is 25.2 Å². The van der Waals surface area contributed by atoms with Crippen LogP contribution in [0.4, 0.5) is 5.82 Å². The van der Waals surface area contributed by atoms with E-state index in [1.807, 2.05) is 0 Å². The summed E-state index contributed by atoms with van der Waals surface area (Å²) in [5, 5.41) is 1.37. The van der Waals surface area contributed by atoms with Crippen LogP contribution in [-0.4, -0.2) is 16.1 Å². The van der Waals surface area contributed by atoms with Crippen LogP contribution in [0.2, 0.25) is 0 Å². The van der Waals surface area contributed by atoms with Gasteiger partial charge in [0.1, 0.15) is 5.82 Å². The lowest BCUT2D eigenvalue weighted by Gasteiger charge is -2.30. The lowest BCUT2D eigenvalue weighted by molar-refractivity contribution is 0.722. The predicted octanol–water partition coefficient (Wildman–Crippen LogP) is 4.86. The molecule has 0 radical (unpaired) electrons. The van der Waals surface area contributed by atoms with Gasteiger partial charge in [0.15, 0.2) is 0 Å². The molecular weight excluding hydrogens is 306 g/mol. The number of benzene rings is 1. The topological polar surface area (TPSA) is 21.1 Å². The minimum Gasteiger partial charge on any atom is -0.351 e. The van der Waals surface area contributed by atoms with Crippen molar-refractivity contribution in [3.8, 4) is 0 Å². The number of pyridine rings is 1. The second kappa shape index (κ2) is 5.35. The number of fused-ring (bicyclic) bond motifs is 2. The summed E-state index contributed by atoms with van der Waals surface area (Å²) in [7, 11) is 0. The Morgan fingerprint density at radius 2 is 1.80 bits per heavy atom. The Morgan fingerprint density at radius 1 is 1.04 bits per heavy atom. The Bertz CT molecular complexity index is 979. The smallest absolute Gasteiger partial charge is 0.138 e. The minimum atomic E-state index is 0.702. The summed E-state index contributed by atoms with van der Waals surface area (Å²) in [4.78, 5) is 7.49. The second-order valence-corrected chi connectivity index (χ2v) is 7.73. The van der Waals surface area contributed by atoms with E-state index in [9.17, 15) is 0 Å². The highest BCUT2D eigenvalue weighted by molar-refractivity contribution is 5.95. The first-order valence-corrected chi connectivity index (χ1v) is 9.44. The molecule has 0 spiro atoms. The third-order valence-corrected chi connectivity index (χ3v) is 5.99. The molecule has 25 heavy (non-hydrogen) atoms. The van der Waals surface area contributed by atoms with E-state index in [1.54, 1.807) is 0 Å². The number of nitrogens with zero attached hydrogens (tertiary/aromatic N) is 3. The summed E-state index contributed by atoms with van der Waals surface area (Å²) in [6.45, 7) is 8.70. The van der Waals surface area contributed by atoms with Gasteiger partial charge in [-0.25, -0.2) is 4.98 Å². The monoisotopic (exact) mass is 331 g/mol. The molecule has 0 unspecified atom stereocenters. The first-order chi connectivity index (χ1) is 12.1. The third-order valence-electron chi connectivity index (χ3n) is 5.99. The zero-order valence-corrected chi connectivity index (χ0v) is 15.3. The van der Waals surface area contributed by atoms with Crippen LogP contribution in [0.5, 0.6) is 0 Å². The van der Waals surface area contributed by atoms with Crippen LogP contribution in [0, 0.1) is 20.8 Å². The van der Waals surface area contributed by atoms with Crippen molar-refractivity contribution in [3.05, 3.63) is 58.4 Å². The summed E-state index contributed by atoms with van der Waals surface area (Å²) >= 11 is 0. The molecule has 1 aliphatic heterocycles. The Hall–Kier alpha value is -2.29. The quantitative estimate of drug-likeness (QED) is 0.669. The second-order valence-electron chi connectivity index (χ2n) is 7.73. The Labute approximate surface area is 149 Å². The Balaban J connectivity index is 1.68. The van der Waals surface area contributed by atoms with Crippen molar-refractivity contribution in [1.82, 2.24) is 9.55 Å². The molecule has 0 amide bonds. The van der Waals surface area contributed by atoms with Crippen LogP contribution in [0.3, 0.4) is 0 Å². The predicted molar refractivity (Wildman–Crippen MR) is 103 cm³/mol. The largest absolute Gasteiger partial charge is 0.351 e. The summed E-state index contributed by atoms with van der Waals surface area (Å²) in [5.41, 5.74) is 8.28. The molecule has 0 bridgehead atoms. The maximum absolute atomic E-state index is 5.01. The summed E-state index contributed by atoms with van der Waals surface area (Å²) in [6.07, 6.45) is 3.74. The van der Waals surface area contributed by atoms with Crippen molar-refractivity contribution in [2.45, 2.75) is 52.6 Å². The number of hydrogen-bond acceptors (Lipinski definition) is 2. The zero-order valence-electron chi connectivity index (χ0n) is 15.3. The van der Waals surface area contributed by atoms with Crippen LogP contribution >= 0.6 is 0 Å². The number of aryl methyl sites for hydroxylation is 2. The van der Waals surface area contributed by atoms with Gasteiger partial charge in [0.25, 0.3) is 0 Å². The van der Waals surface area contributed by atoms with Crippen molar-refractivity contribution >= 4 is 16.7 Å². The average Bonchev–Trinajstić information content (AvgIpc) is 3.41. The number of hydrogen-bond donors (Lipinski definition) is 0. The molecular formula is C22H25N3. The van der Waals surface area contributed by atoms with Gasteiger partial charge in [-0.1, -0.05) is 24.3 Å². The number of aromatic nitrogens is 2.